The molecule has 1 aromatic heterocycles. The number of anilines is 2. The standard InChI is InChI=1S/C23H23F3N4O2/c1-13-4-5-14(2)17(10-13)28-22(31)19-12-21-27-18(15-6-8-16(32-3)9-7-15)11-20(23(24,25)26)30(21)29-19/h4-10,12,18,20,27H,11H2,1-3H3,(H,28,31)/t18-,20+/m0/s1. The number of methoxy groups -OCH3 is 1. The highest BCUT2D eigenvalue weighted by Crippen LogP contribution is 2.43. The highest BCUT2D eigenvalue weighted by molar-refractivity contribution is 6.03. The molecule has 4 rings (SSSR count). The Hall–Kier alpha value is -3.49. The molecule has 1 amide bonds. The third kappa shape index (κ3) is 4.28. The van der Waals surface area contributed by atoms with E-state index in [1.807, 2.05) is 26.0 Å². The van der Waals surface area contributed by atoms with E-state index < -0.39 is 24.2 Å². The van der Waals surface area contributed by atoms with Crippen LogP contribution in [0.4, 0.5) is 24.7 Å². The topological polar surface area (TPSA) is 68.2 Å². The average molecular weight is 444 g/mol. The van der Waals surface area contributed by atoms with Crippen LogP contribution >= 0.6 is 0 Å². The minimum absolute atomic E-state index is 0.0852. The Morgan fingerprint density at radius 3 is 2.53 bits per heavy atom. The van der Waals surface area contributed by atoms with Gasteiger partial charge in [-0.3, -0.25) is 4.79 Å². The number of amides is 1. The van der Waals surface area contributed by atoms with Crippen LogP contribution in [0.2, 0.25) is 0 Å². The zero-order valence-corrected chi connectivity index (χ0v) is 17.8. The maximum absolute atomic E-state index is 13.9. The van der Waals surface area contributed by atoms with Gasteiger partial charge in [-0.1, -0.05) is 24.3 Å². The molecule has 0 radical (unpaired) electrons. The van der Waals surface area contributed by atoms with Crippen LogP contribution in [0.5, 0.6) is 5.75 Å². The summed E-state index contributed by atoms with van der Waals surface area (Å²) >= 11 is 0. The number of hydrogen-bond acceptors (Lipinski definition) is 4. The van der Waals surface area contributed by atoms with Crippen molar-refractivity contribution < 1.29 is 22.7 Å². The zero-order chi connectivity index (χ0) is 23.0. The molecule has 2 atom stereocenters. The largest absolute Gasteiger partial charge is 0.497 e. The second-order valence-electron chi connectivity index (χ2n) is 7.90. The van der Waals surface area contributed by atoms with Crippen molar-refractivity contribution in [2.45, 2.75) is 38.5 Å². The van der Waals surface area contributed by atoms with E-state index >= 15 is 0 Å². The first-order valence-corrected chi connectivity index (χ1v) is 10.1. The van der Waals surface area contributed by atoms with Gasteiger partial charge in [-0.25, -0.2) is 4.68 Å². The smallest absolute Gasteiger partial charge is 0.410 e. The van der Waals surface area contributed by atoms with E-state index in [2.05, 4.69) is 15.7 Å². The number of fused-ring (bicyclic) bond motifs is 1. The van der Waals surface area contributed by atoms with Crippen molar-refractivity contribution in [3.8, 4) is 5.75 Å². The molecule has 0 saturated heterocycles. The van der Waals surface area contributed by atoms with E-state index in [1.54, 1.807) is 30.3 Å². The molecule has 0 saturated carbocycles. The maximum Gasteiger partial charge on any atom is 0.410 e. The Morgan fingerprint density at radius 2 is 1.88 bits per heavy atom. The van der Waals surface area contributed by atoms with Crippen molar-refractivity contribution in [2.24, 2.45) is 0 Å². The summed E-state index contributed by atoms with van der Waals surface area (Å²) < 4.78 is 47.6. The molecule has 2 N–H and O–H groups in total. The lowest BCUT2D eigenvalue weighted by Crippen LogP contribution is -2.35. The molecule has 2 heterocycles. The average Bonchev–Trinajstić information content (AvgIpc) is 3.19. The van der Waals surface area contributed by atoms with Gasteiger partial charge >= 0.3 is 6.18 Å². The van der Waals surface area contributed by atoms with Gasteiger partial charge in [0.1, 0.15) is 11.6 Å². The molecule has 0 spiro atoms. The number of hydrogen-bond donors (Lipinski definition) is 2. The summed E-state index contributed by atoms with van der Waals surface area (Å²) in [4.78, 5) is 12.8. The molecule has 32 heavy (non-hydrogen) atoms. The predicted molar refractivity (Wildman–Crippen MR) is 115 cm³/mol. The van der Waals surface area contributed by atoms with Gasteiger partial charge in [0, 0.05) is 18.2 Å². The first-order chi connectivity index (χ1) is 15.2. The number of aromatic nitrogens is 2. The van der Waals surface area contributed by atoms with Gasteiger partial charge in [0.05, 0.1) is 13.2 Å². The first-order valence-electron chi connectivity index (χ1n) is 10.1. The Balaban J connectivity index is 1.64. The molecule has 1 aliphatic rings. The number of nitrogens with one attached hydrogen (secondary N) is 2. The van der Waals surface area contributed by atoms with E-state index in [-0.39, 0.29) is 17.9 Å². The Morgan fingerprint density at radius 1 is 1.16 bits per heavy atom. The molecule has 2 aromatic carbocycles. The van der Waals surface area contributed by atoms with Gasteiger partial charge in [0.25, 0.3) is 5.91 Å². The first kappa shape index (κ1) is 21.7. The van der Waals surface area contributed by atoms with Crippen LogP contribution in [0.3, 0.4) is 0 Å². The van der Waals surface area contributed by atoms with E-state index in [0.29, 0.717) is 17.0 Å². The molecule has 0 aliphatic carbocycles. The number of nitrogens with zero attached hydrogens (tertiary/aromatic N) is 2. The number of ether oxygens (including phenoxy) is 1. The van der Waals surface area contributed by atoms with Gasteiger partial charge < -0.3 is 15.4 Å². The van der Waals surface area contributed by atoms with Crippen LogP contribution in [-0.4, -0.2) is 29.0 Å². The number of rotatable bonds is 4. The molecule has 6 nitrogen and oxygen atoms in total. The van der Waals surface area contributed by atoms with Crippen LogP contribution < -0.4 is 15.4 Å². The normalized spacial score (nSPS) is 17.9. The summed E-state index contributed by atoms with van der Waals surface area (Å²) in [5.74, 6) is 0.196. The van der Waals surface area contributed by atoms with E-state index in [1.165, 1.54) is 13.2 Å². The molecule has 168 valence electrons. The Bertz CT molecular complexity index is 1140. The van der Waals surface area contributed by atoms with Gasteiger partial charge in [0.15, 0.2) is 11.7 Å². The van der Waals surface area contributed by atoms with Crippen molar-refractivity contribution >= 4 is 17.4 Å². The Kier molecular flexibility index (Phi) is 5.58. The lowest BCUT2D eigenvalue weighted by atomic mass is 9.97. The fourth-order valence-electron chi connectivity index (χ4n) is 3.80. The van der Waals surface area contributed by atoms with Gasteiger partial charge in [-0.15, -0.1) is 0 Å². The lowest BCUT2D eigenvalue weighted by molar-refractivity contribution is -0.173. The summed E-state index contributed by atoms with van der Waals surface area (Å²) in [5, 5.41) is 9.84. The fourth-order valence-corrected chi connectivity index (χ4v) is 3.80. The number of alkyl halides is 3. The minimum Gasteiger partial charge on any atom is -0.497 e. The number of carbonyl (C=O) groups is 1. The van der Waals surface area contributed by atoms with Crippen LogP contribution in [0.25, 0.3) is 0 Å². The molecule has 0 fully saturated rings. The molecule has 1 aliphatic heterocycles. The zero-order valence-electron chi connectivity index (χ0n) is 17.8. The minimum atomic E-state index is -4.52. The SMILES string of the molecule is COc1ccc([C@@H]2C[C@H](C(F)(F)F)n3nc(C(=O)Nc4cc(C)ccc4C)cc3N2)cc1. The number of aryl methyl sites for hydroxylation is 2. The fraction of sp³-hybridized carbons (Fsp3) is 0.304. The number of halogens is 3. The summed E-state index contributed by atoms with van der Waals surface area (Å²) in [5.41, 5.74) is 3.00. The van der Waals surface area contributed by atoms with Crippen molar-refractivity contribution in [3.63, 3.8) is 0 Å². The molecule has 0 unspecified atom stereocenters. The van der Waals surface area contributed by atoms with Crippen molar-refractivity contribution in [1.82, 2.24) is 9.78 Å². The third-order valence-electron chi connectivity index (χ3n) is 5.58. The van der Waals surface area contributed by atoms with E-state index in [9.17, 15) is 18.0 Å². The number of carbonyl (C=O) groups excluding carboxylic acids is 1. The van der Waals surface area contributed by atoms with Gasteiger partial charge in [0.2, 0.25) is 0 Å². The lowest BCUT2D eigenvalue weighted by Gasteiger charge is -2.33. The summed E-state index contributed by atoms with van der Waals surface area (Å²) in [6, 6.07) is 11.4. The van der Waals surface area contributed by atoms with Gasteiger partial charge in [-0.2, -0.15) is 18.3 Å². The van der Waals surface area contributed by atoms with Crippen LogP contribution in [0.1, 0.15) is 45.7 Å². The molecular weight excluding hydrogens is 421 g/mol. The van der Waals surface area contributed by atoms with E-state index in [0.717, 1.165) is 15.8 Å². The molecule has 3 aromatic rings. The van der Waals surface area contributed by atoms with Crippen molar-refractivity contribution in [1.29, 1.82) is 0 Å². The predicted octanol–water partition coefficient (Wildman–Crippen LogP) is 5.42. The van der Waals surface area contributed by atoms with Crippen LogP contribution in [0.15, 0.2) is 48.5 Å². The van der Waals surface area contributed by atoms with E-state index in [4.69, 9.17) is 4.74 Å². The third-order valence-corrected chi connectivity index (χ3v) is 5.58. The van der Waals surface area contributed by atoms with Crippen molar-refractivity contribution in [2.75, 3.05) is 17.7 Å². The summed E-state index contributed by atoms with van der Waals surface area (Å²) in [6.45, 7) is 3.73. The quantitative estimate of drug-likeness (QED) is 0.564. The monoisotopic (exact) mass is 444 g/mol. The second kappa shape index (κ2) is 8.22. The highest BCUT2D eigenvalue weighted by Gasteiger charge is 2.46. The van der Waals surface area contributed by atoms with Gasteiger partial charge in [-0.05, 0) is 48.7 Å². The summed E-state index contributed by atoms with van der Waals surface area (Å²) in [7, 11) is 1.52. The second-order valence-corrected chi connectivity index (χ2v) is 7.90. The van der Waals surface area contributed by atoms with Crippen LogP contribution in [0, 0.1) is 13.8 Å². The highest BCUT2D eigenvalue weighted by atomic mass is 19.4. The summed E-state index contributed by atoms with van der Waals surface area (Å²) in [6.07, 6.45) is -4.77. The van der Waals surface area contributed by atoms with Crippen molar-refractivity contribution in [3.05, 3.63) is 70.9 Å². The number of benzene rings is 2. The molecule has 9 heteroatoms. The molecule has 0 bridgehead atoms. The molecular formula is C23H23F3N4O2. The van der Waals surface area contributed by atoms with Crippen LogP contribution in [-0.2, 0) is 0 Å². The Labute approximate surface area is 183 Å². The maximum atomic E-state index is 13.9.